The molecule has 27 heavy (non-hydrogen) atoms. The van der Waals surface area contributed by atoms with Crippen LogP contribution in [0.15, 0.2) is 42.5 Å². The standard InChI is InChI=1S/C21H24F2N2O2/c1-14-5-7-15(8-6-14)24-21(26)25-16-9-11-17(12-10-16)27-13-18-19(22)3-2-4-20(18)23/h2-8,16-17H,9-13H2,1H3,(H2,24,25,26)/t16-,17-. The van der Waals surface area contributed by atoms with E-state index in [0.717, 1.165) is 36.9 Å². The second kappa shape index (κ2) is 8.95. The van der Waals surface area contributed by atoms with Crippen LogP contribution in [0, 0.1) is 18.6 Å². The fourth-order valence-corrected chi connectivity index (χ4v) is 3.23. The van der Waals surface area contributed by atoms with Gasteiger partial charge in [-0.2, -0.15) is 0 Å². The van der Waals surface area contributed by atoms with Crippen molar-refractivity contribution in [3.63, 3.8) is 0 Å². The molecule has 0 radical (unpaired) electrons. The molecule has 2 N–H and O–H groups in total. The number of hydrogen-bond donors (Lipinski definition) is 2. The van der Waals surface area contributed by atoms with Gasteiger partial charge in [-0.15, -0.1) is 0 Å². The molecule has 0 heterocycles. The molecule has 1 fully saturated rings. The van der Waals surface area contributed by atoms with Crippen molar-refractivity contribution in [3.05, 3.63) is 65.2 Å². The molecule has 0 aromatic heterocycles. The molecule has 0 spiro atoms. The first-order chi connectivity index (χ1) is 13.0. The van der Waals surface area contributed by atoms with E-state index in [0.29, 0.717) is 0 Å². The number of amides is 2. The van der Waals surface area contributed by atoms with E-state index in [-0.39, 0.29) is 30.3 Å². The third-order valence-electron chi connectivity index (χ3n) is 4.84. The number of urea groups is 1. The summed E-state index contributed by atoms with van der Waals surface area (Å²) in [4.78, 5) is 12.1. The van der Waals surface area contributed by atoms with Crippen LogP contribution in [0.3, 0.4) is 0 Å². The van der Waals surface area contributed by atoms with E-state index < -0.39 is 11.6 Å². The van der Waals surface area contributed by atoms with Crippen LogP contribution >= 0.6 is 0 Å². The minimum absolute atomic E-state index is 0.0322. The molecule has 0 unspecified atom stereocenters. The number of ether oxygens (including phenoxy) is 1. The number of hydrogen-bond acceptors (Lipinski definition) is 2. The van der Waals surface area contributed by atoms with Crippen LogP contribution in [-0.2, 0) is 11.3 Å². The van der Waals surface area contributed by atoms with Crippen LogP contribution in [0.2, 0.25) is 0 Å². The molecule has 0 atom stereocenters. The van der Waals surface area contributed by atoms with Crippen LogP contribution in [0.25, 0.3) is 0 Å². The van der Waals surface area contributed by atoms with Crippen molar-refractivity contribution in [2.45, 2.75) is 51.4 Å². The van der Waals surface area contributed by atoms with Gasteiger partial charge < -0.3 is 15.4 Å². The van der Waals surface area contributed by atoms with Crippen molar-refractivity contribution in [1.29, 1.82) is 0 Å². The Morgan fingerprint density at radius 2 is 1.67 bits per heavy atom. The second-order valence-electron chi connectivity index (χ2n) is 6.95. The van der Waals surface area contributed by atoms with Crippen molar-refractivity contribution in [1.82, 2.24) is 5.32 Å². The lowest BCUT2D eigenvalue weighted by atomic mass is 9.93. The van der Waals surface area contributed by atoms with Crippen LogP contribution in [0.4, 0.5) is 19.3 Å². The van der Waals surface area contributed by atoms with Crippen molar-refractivity contribution in [3.8, 4) is 0 Å². The summed E-state index contributed by atoms with van der Waals surface area (Å²) >= 11 is 0. The smallest absolute Gasteiger partial charge is 0.319 e. The normalized spacial score (nSPS) is 19.5. The molecule has 4 nitrogen and oxygen atoms in total. The van der Waals surface area contributed by atoms with Crippen LogP contribution in [-0.4, -0.2) is 18.2 Å². The summed E-state index contributed by atoms with van der Waals surface area (Å²) in [5.74, 6) is -1.17. The van der Waals surface area contributed by atoms with Gasteiger partial charge in [0.1, 0.15) is 11.6 Å². The Kier molecular flexibility index (Phi) is 6.40. The van der Waals surface area contributed by atoms with E-state index in [1.54, 1.807) is 0 Å². The average molecular weight is 374 g/mol. The summed E-state index contributed by atoms with van der Waals surface area (Å²) < 4.78 is 33.0. The Balaban J connectivity index is 1.41. The Hall–Kier alpha value is -2.47. The Morgan fingerprint density at radius 1 is 1.04 bits per heavy atom. The predicted octanol–water partition coefficient (Wildman–Crippen LogP) is 4.92. The Labute approximate surface area is 157 Å². The lowest BCUT2D eigenvalue weighted by Crippen LogP contribution is -2.41. The van der Waals surface area contributed by atoms with Gasteiger partial charge in [-0.3, -0.25) is 0 Å². The fraction of sp³-hybridized carbons (Fsp3) is 0.381. The van der Waals surface area contributed by atoms with Gasteiger partial charge in [-0.25, -0.2) is 13.6 Å². The van der Waals surface area contributed by atoms with Crippen molar-refractivity contribution < 1.29 is 18.3 Å². The quantitative estimate of drug-likeness (QED) is 0.780. The van der Waals surface area contributed by atoms with Crippen LogP contribution < -0.4 is 10.6 Å². The topological polar surface area (TPSA) is 50.4 Å². The monoisotopic (exact) mass is 374 g/mol. The lowest BCUT2D eigenvalue weighted by Gasteiger charge is -2.29. The summed E-state index contributed by atoms with van der Waals surface area (Å²) in [5.41, 5.74) is 1.85. The molecule has 144 valence electrons. The molecule has 3 rings (SSSR count). The molecular weight excluding hydrogens is 350 g/mol. The van der Waals surface area contributed by atoms with Gasteiger partial charge >= 0.3 is 6.03 Å². The van der Waals surface area contributed by atoms with Gasteiger partial charge in [-0.05, 0) is 56.9 Å². The number of anilines is 1. The third kappa shape index (κ3) is 5.50. The molecule has 2 amide bonds. The molecule has 1 saturated carbocycles. The van der Waals surface area contributed by atoms with Gasteiger partial charge in [0.25, 0.3) is 0 Å². The molecular formula is C21H24F2N2O2. The highest BCUT2D eigenvalue weighted by atomic mass is 19.1. The number of nitrogens with one attached hydrogen (secondary N) is 2. The fourth-order valence-electron chi connectivity index (χ4n) is 3.23. The van der Waals surface area contributed by atoms with E-state index in [2.05, 4.69) is 10.6 Å². The van der Waals surface area contributed by atoms with Gasteiger partial charge in [0, 0.05) is 17.3 Å². The van der Waals surface area contributed by atoms with Gasteiger partial charge in [0.15, 0.2) is 0 Å². The summed E-state index contributed by atoms with van der Waals surface area (Å²) in [7, 11) is 0. The van der Waals surface area contributed by atoms with Crippen molar-refractivity contribution in [2.24, 2.45) is 0 Å². The first kappa shape index (κ1) is 19.3. The van der Waals surface area contributed by atoms with Gasteiger partial charge in [0.2, 0.25) is 0 Å². The predicted molar refractivity (Wildman–Crippen MR) is 101 cm³/mol. The Bertz CT molecular complexity index is 752. The molecule has 0 aliphatic heterocycles. The molecule has 1 aliphatic carbocycles. The van der Waals surface area contributed by atoms with Gasteiger partial charge in [0.05, 0.1) is 12.7 Å². The average Bonchev–Trinajstić information content (AvgIpc) is 2.64. The SMILES string of the molecule is Cc1ccc(NC(=O)N[C@H]2CC[C@H](OCc3c(F)cccc3F)CC2)cc1. The molecule has 2 aromatic carbocycles. The van der Waals surface area contributed by atoms with E-state index in [1.165, 1.54) is 18.2 Å². The summed E-state index contributed by atoms with van der Waals surface area (Å²) in [6.45, 7) is 1.92. The highest BCUT2D eigenvalue weighted by Crippen LogP contribution is 2.23. The third-order valence-corrected chi connectivity index (χ3v) is 4.84. The maximum atomic E-state index is 13.6. The first-order valence-corrected chi connectivity index (χ1v) is 9.20. The second-order valence-corrected chi connectivity index (χ2v) is 6.95. The highest BCUT2D eigenvalue weighted by molar-refractivity contribution is 5.89. The molecule has 1 aliphatic rings. The van der Waals surface area contributed by atoms with Crippen LogP contribution in [0.5, 0.6) is 0 Å². The summed E-state index contributed by atoms with van der Waals surface area (Å²) in [6.07, 6.45) is 2.97. The molecule has 6 heteroatoms. The number of rotatable bonds is 5. The highest BCUT2D eigenvalue weighted by Gasteiger charge is 2.23. The minimum atomic E-state index is -0.585. The summed E-state index contributed by atoms with van der Waals surface area (Å²) in [5, 5.41) is 5.79. The van der Waals surface area contributed by atoms with E-state index in [9.17, 15) is 13.6 Å². The van der Waals surface area contributed by atoms with Crippen molar-refractivity contribution >= 4 is 11.7 Å². The number of halogens is 2. The zero-order chi connectivity index (χ0) is 19.2. The minimum Gasteiger partial charge on any atom is -0.373 e. The number of benzene rings is 2. The lowest BCUT2D eigenvalue weighted by molar-refractivity contribution is 0.00964. The largest absolute Gasteiger partial charge is 0.373 e. The van der Waals surface area contributed by atoms with E-state index in [4.69, 9.17) is 4.74 Å². The van der Waals surface area contributed by atoms with Crippen LogP contribution in [0.1, 0.15) is 36.8 Å². The molecule has 2 aromatic rings. The number of aryl methyl sites for hydroxylation is 1. The molecule has 0 saturated heterocycles. The zero-order valence-electron chi connectivity index (χ0n) is 15.3. The number of carbonyl (C=O) groups is 1. The Morgan fingerprint density at radius 3 is 2.30 bits per heavy atom. The van der Waals surface area contributed by atoms with E-state index in [1.807, 2.05) is 31.2 Å². The number of carbonyl (C=O) groups excluding carboxylic acids is 1. The zero-order valence-corrected chi connectivity index (χ0v) is 15.3. The van der Waals surface area contributed by atoms with Gasteiger partial charge in [-0.1, -0.05) is 23.8 Å². The maximum Gasteiger partial charge on any atom is 0.319 e. The first-order valence-electron chi connectivity index (χ1n) is 9.20. The summed E-state index contributed by atoms with van der Waals surface area (Å²) in [6, 6.07) is 11.3. The van der Waals surface area contributed by atoms with E-state index >= 15 is 0 Å². The van der Waals surface area contributed by atoms with Crippen molar-refractivity contribution in [2.75, 3.05) is 5.32 Å². The molecule has 0 bridgehead atoms. The maximum absolute atomic E-state index is 13.6.